The summed E-state index contributed by atoms with van der Waals surface area (Å²) >= 11 is 1.72. The third kappa shape index (κ3) is 5.94. The summed E-state index contributed by atoms with van der Waals surface area (Å²) in [4.78, 5) is 10.2. The Morgan fingerprint density at radius 2 is 2.12 bits per heavy atom. The highest BCUT2D eigenvalue weighted by atomic mass is 32.1. The number of nitrogens with zero attached hydrogens (tertiary/aromatic N) is 2. The largest absolute Gasteiger partial charge is 0.493 e. The predicted octanol–water partition coefficient (Wildman–Crippen LogP) is 3.48. The van der Waals surface area contributed by atoms with Crippen LogP contribution in [0, 0.1) is 6.92 Å². The number of hydrogen-bond acceptors (Lipinski definition) is 5. The zero-order valence-electron chi connectivity index (χ0n) is 15.3. The molecule has 7 heteroatoms. The average Bonchev–Trinajstić information content (AvgIpc) is 3.02. The molecule has 0 atom stereocenters. The molecule has 0 unspecified atom stereocenters. The number of aryl methyl sites for hydroxylation is 1. The molecule has 0 saturated heterocycles. The van der Waals surface area contributed by atoms with Gasteiger partial charge < -0.3 is 20.1 Å². The Balaban J connectivity index is 2.03. The van der Waals surface area contributed by atoms with E-state index in [1.54, 1.807) is 18.4 Å². The molecule has 0 aliphatic heterocycles. The number of rotatable bonds is 8. The van der Waals surface area contributed by atoms with E-state index in [2.05, 4.69) is 27.5 Å². The van der Waals surface area contributed by atoms with Gasteiger partial charge in [-0.15, -0.1) is 11.3 Å². The molecule has 6 nitrogen and oxygen atoms in total. The number of hydrogen-bond donors (Lipinski definition) is 2. The normalized spacial score (nSPS) is 11.3. The summed E-state index contributed by atoms with van der Waals surface area (Å²) in [5.74, 6) is 2.17. The molecule has 0 aliphatic rings. The lowest BCUT2D eigenvalue weighted by atomic mass is 10.2. The standard InChI is InChI=1S/C18H26N4O2S/c1-5-19-18(20-10-9-17-21-12-13(3)25-17)22-14-7-8-15(24-6-2)16(11-14)23-4/h7-8,11-12H,5-6,9-10H2,1-4H3,(H2,19,20,22). The smallest absolute Gasteiger partial charge is 0.195 e. The lowest BCUT2D eigenvalue weighted by Gasteiger charge is -2.14. The average molecular weight is 362 g/mol. The maximum Gasteiger partial charge on any atom is 0.195 e. The summed E-state index contributed by atoms with van der Waals surface area (Å²) in [5, 5.41) is 7.66. The van der Waals surface area contributed by atoms with E-state index >= 15 is 0 Å². The maximum atomic E-state index is 5.55. The van der Waals surface area contributed by atoms with Gasteiger partial charge in [0.1, 0.15) is 0 Å². The van der Waals surface area contributed by atoms with Crippen molar-refractivity contribution in [3.05, 3.63) is 34.3 Å². The van der Waals surface area contributed by atoms with E-state index in [1.807, 2.05) is 38.2 Å². The summed E-state index contributed by atoms with van der Waals surface area (Å²) in [6.07, 6.45) is 2.74. The van der Waals surface area contributed by atoms with Gasteiger partial charge in [-0.25, -0.2) is 4.98 Å². The van der Waals surface area contributed by atoms with Gasteiger partial charge in [0.05, 0.1) is 18.7 Å². The summed E-state index contributed by atoms with van der Waals surface area (Å²) in [6, 6.07) is 5.75. The van der Waals surface area contributed by atoms with E-state index in [9.17, 15) is 0 Å². The van der Waals surface area contributed by atoms with Crippen LogP contribution >= 0.6 is 11.3 Å². The van der Waals surface area contributed by atoms with Crippen molar-refractivity contribution in [3.8, 4) is 11.5 Å². The molecule has 1 aromatic heterocycles. The summed E-state index contributed by atoms with van der Waals surface area (Å²) in [7, 11) is 1.64. The highest BCUT2D eigenvalue weighted by molar-refractivity contribution is 7.11. The van der Waals surface area contributed by atoms with Crippen molar-refractivity contribution in [1.82, 2.24) is 10.3 Å². The minimum absolute atomic E-state index is 0.601. The Kier molecular flexibility index (Phi) is 7.53. The first-order chi connectivity index (χ1) is 12.2. The van der Waals surface area contributed by atoms with E-state index in [4.69, 9.17) is 9.47 Å². The van der Waals surface area contributed by atoms with Gasteiger partial charge in [-0.05, 0) is 32.9 Å². The molecule has 0 bridgehead atoms. The topological polar surface area (TPSA) is 67.8 Å². The molecule has 136 valence electrons. The van der Waals surface area contributed by atoms with E-state index in [-0.39, 0.29) is 0 Å². The number of ether oxygens (including phenoxy) is 2. The number of nitrogens with one attached hydrogen (secondary N) is 2. The van der Waals surface area contributed by atoms with Crippen LogP contribution in [0.15, 0.2) is 29.4 Å². The van der Waals surface area contributed by atoms with Gasteiger partial charge in [0, 0.05) is 42.3 Å². The minimum Gasteiger partial charge on any atom is -0.493 e. The van der Waals surface area contributed by atoms with Crippen molar-refractivity contribution in [1.29, 1.82) is 0 Å². The van der Waals surface area contributed by atoms with Crippen molar-refractivity contribution in [3.63, 3.8) is 0 Å². The predicted molar refractivity (Wildman–Crippen MR) is 104 cm³/mol. The molecule has 0 saturated carbocycles. The Hall–Kier alpha value is -2.28. The second kappa shape index (κ2) is 9.88. The van der Waals surface area contributed by atoms with Crippen LogP contribution < -0.4 is 20.1 Å². The van der Waals surface area contributed by atoms with E-state index in [0.29, 0.717) is 18.9 Å². The number of methoxy groups -OCH3 is 1. The fourth-order valence-corrected chi connectivity index (χ4v) is 3.02. The molecule has 1 aromatic carbocycles. The summed E-state index contributed by atoms with van der Waals surface area (Å²) in [6.45, 7) is 8.12. The summed E-state index contributed by atoms with van der Waals surface area (Å²) in [5.41, 5.74) is 0.894. The molecule has 0 amide bonds. The molecule has 2 rings (SSSR count). The second-order valence-electron chi connectivity index (χ2n) is 5.30. The van der Waals surface area contributed by atoms with Crippen LogP contribution in [0.1, 0.15) is 23.7 Å². The SMILES string of the molecule is CCNC(=NCCc1ncc(C)s1)Nc1ccc(OCC)c(OC)c1. The van der Waals surface area contributed by atoms with Crippen molar-refractivity contribution >= 4 is 23.0 Å². The van der Waals surface area contributed by atoms with Crippen LogP contribution in [0.3, 0.4) is 0 Å². The van der Waals surface area contributed by atoms with Crippen LogP contribution in [-0.2, 0) is 6.42 Å². The molecule has 2 aromatic rings. The molecule has 25 heavy (non-hydrogen) atoms. The maximum absolute atomic E-state index is 5.55. The molecule has 2 N–H and O–H groups in total. The molecular formula is C18H26N4O2S. The van der Waals surface area contributed by atoms with Gasteiger partial charge in [-0.2, -0.15) is 0 Å². The fourth-order valence-electron chi connectivity index (χ4n) is 2.24. The van der Waals surface area contributed by atoms with E-state index in [0.717, 1.165) is 35.4 Å². The number of guanidine groups is 1. The fraction of sp³-hybridized carbons (Fsp3) is 0.444. The number of anilines is 1. The lowest BCUT2D eigenvalue weighted by Crippen LogP contribution is -2.30. The molecule has 0 fully saturated rings. The van der Waals surface area contributed by atoms with E-state index in [1.165, 1.54) is 4.88 Å². The van der Waals surface area contributed by atoms with Crippen molar-refractivity contribution in [2.45, 2.75) is 27.2 Å². The first kappa shape index (κ1) is 19.1. The third-order valence-corrected chi connectivity index (χ3v) is 4.31. The second-order valence-corrected chi connectivity index (χ2v) is 6.62. The summed E-state index contributed by atoms with van der Waals surface area (Å²) < 4.78 is 10.9. The number of benzene rings is 1. The van der Waals surface area contributed by atoms with Gasteiger partial charge in [0.25, 0.3) is 0 Å². The first-order valence-electron chi connectivity index (χ1n) is 8.43. The Morgan fingerprint density at radius 3 is 2.76 bits per heavy atom. The van der Waals surface area contributed by atoms with Gasteiger partial charge in [-0.3, -0.25) is 4.99 Å². The minimum atomic E-state index is 0.601. The van der Waals surface area contributed by atoms with Crippen LogP contribution in [0.4, 0.5) is 5.69 Å². The third-order valence-electron chi connectivity index (χ3n) is 3.34. The van der Waals surface area contributed by atoms with E-state index < -0.39 is 0 Å². The van der Waals surface area contributed by atoms with Gasteiger partial charge in [0.15, 0.2) is 17.5 Å². The van der Waals surface area contributed by atoms with Crippen molar-refractivity contribution < 1.29 is 9.47 Å². The van der Waals surface area contributed by atoms with Gasteiger partial charge in [-0.1, -0.05) is 0 Å². The van der Waals surface area contributed by atoms with Crippen LogP contribution in [-0.4, -0.2) is 37.7 Å². The monoisotopic (exact) mass is 362 g/mol. The molecular weight excluding hydrogens is 336 g/mol. The Labute approximate surface area is 153 Å². The quantitative estimate of drug-likeness (QED) is 0.556. The zero-order valence-corrected chi connectivity index (χ0v) is 16.1. The van der Waals surface area contributed by atoms with Crippen molar-refractivity contribution in [2.24, 2.45) is 4.99 Å². The first-order valence-corrected chi connectivity index (χ1v) is 9.25. The molecule has 0 aliphatic carbocycles. The number of aromatic nitrogens is 1. The molecule has 0 radical (unpaired) electrons. The Bertz CT molecular complexity index is 700. The van der Waals surface area contributed by atoms with Crippen LogP contribution in [0.25, 0.3) is 0 Å². The highest BCUT2D eigenvalue weighted by Crippen LogP contribution is 2.30. The van der Waals surface area contributed by atoms with Gasteiger partial charge >= 0.3 is 0 Å². The highest BCUT2D eigenvalue weighted by Gasteiger charge is 2.07. The molecule has 0 spiro atoms. The van der Waals surface area contributed by atoms with Crippen molar-refractivity contribution in [2.75, 3.05) is 32.1 Å². The number of aliphatic imine (C=N–C) groups is 1. The van der Waals surface area contributed by atoms with Crippen LogP contribution in [0.2, 0.25) is 0 Å². The molecule has 1 heterocycles. The lowest BCUT2D eigenvalue weighted by molar-refractivity contribution is 0.311. The number of thiazole rings is 1. The zero-order chi connectivity index (χ0) is 18.1. The van der Waals surface area contributed by atoms with Crippen LogP contribution in [0.5, 0.6) is 11.5 Å². The van der Waals surface area contributed by atoms with Gasteiger partial charge in [0.2, 0.25) is 0 Å². The Morgan fingerprint density at radius 1 is 1.28 bits per heavy atom.